The third-order valence-corrected chi connectivity index (χ3v) is 7.60. The van der Waals surface area contributed by atoms with Gasteiger partial charge in [-0.2, -0.15) is 0 Å². The van der Waals surface area contributed by atoms with Gasteiger partial charge in [-0.3, -0.25) is 9.59 Å². The van der Waals surface area contributed by atoms with Crippen molar-refractivity contribution in [3.05, 3.63) is 22.7 Å². The Hall–Kier alpha value is -1.80. The van der Waals surface area contributed by atoms with Crippen LogP contribution in [0.1, 0.15) is 36.0 Å². The Morgan fingerprint density at radius 2 is 1.68 bits per heavy atom. The van der Waals surface area contributed by atoms with Crippen LogP contribution in [0.15, 0.2) is 12.1 Å². The molecule has 152 valence electrons. The lowest BCUT2D eigenvalue weighted by Crippen LogP contribution is -2.44. The fraction of sp³-hybridized carbons (Fsp3) is 0.579. The first-order valence-electron chi connectivity index (χ1n) is 9.74. The van der Waals surface area contributed by atoms with Crippen molar-refractivity contribution in [2.45, 2.75) is 25.7 Å². The van der Waals surface area contributed by atoms with Crippen LogP contribution in [0.2, 0.25) is 5.02 Å². The van der Waals surface area contributed by atoms with E-state index in [0.717, 1.165) is 38.8 Å². The Morgan fingerprint density at radius 1 is 1.04 bits per heavy atom. The summed E-state index contributed by atoms with van der Waals surface area (Å²) in [7, 11) is -3.07. The van der Waals surface area contributed by atoms with Gasteiger partial charge in [0.05, 0.1) is 33.5 Å². The Bertz CT molecular complexity index is 894. The molecule has 0 unspecified atom stereocenters. The maximum absolute atomic E-state index is 13.2. The minimum absolute atomic E-state index is 0.0128. The number of rotatable bonds is 4. The Balaban J connectivity index is 1.64. The molecule has 0 atom stereocenters. The van der Waals surface area contributed by atoms with Crippen LogP contribution in [-0.4, -0.2) is 62.8 Å². The fourth-order valence-electron chi connectivity index (χ4n) is 3.75. The summed E-state index contributed by atoms with van der Waals surface area (Å²) in [6.07, 6.45) is 3.84. The zero-order valence-electron chi connectivity index (χ0n) is 15.6. The molecule has 2 aliphatic heterocycles. The molecule has 1 aromatic carbocycles. The minimum Gasteiger partial charge on any atom is -0.370 e. The number of hydrogen-bond donors (Lipinski definition) is 1. The summed E-state index contributed by atoms with van der Waals surface area (Å²) in [5.74, 6) is -0.210. The number of hydrogen-bond acceptors (Lipinski definition) is 5. The van der Waals surface area contributed by atoms with Gasteiger partial charge in [0.2, 0.25) is 5.91 Å². The molecule has 0 radical (unpaired) electrons. The summed E-state index contributed by atoms with van der Waals surface area (Å²) < 4.78 is 23.4. The largest absolute Gasteiger partial charge is 0.370 e. The number of sulfone groups is 1. The van der Waals surface area contributed by atoms with Crippen molar-refractivity contribution in [1.29, 1.82) is 0 Å². The van der Waals surface area contributed by atoms with Gasteiger partial charge in [-0.1, -0.05) is 11.6 Å². The number of anilines is 2. The van der Waals surface area contributed by atoms with Crippen LogP contribution < -0.4 is 10.2 Å². The van der Waals surface area contributed by atoms with Gasteiger partial charge in [0.25, 0.3) is 5.91 Å². The first-order chi connectivity index (χ1) is 13.4. The highest BCUT2D eigenvalue weighted by Crippen LogP contribution is 2.40. The molecular formula is C19H24ClN3O4S. The molecule has 0 spiro atoms. The van der Waals surface area contributed by atoms with Crippen LogP contribution in [0.4, 0.5) is 11.4 Å². The molecule has 7 nitrogen and oxygen atoms in total. The number of carbonyl (C=O) groups excluding carboxylic acids is 2. The van der Waals surface area contributed by atoms with Crippen molar-refractivity contribution in [1.82, 2.24) is 4.90 Å². The summed E-state index contributed by atoms with van der Waals surface area (Å²) in [5, 5.41) is 3.27. The molecule has 3 fully saturated rings. The zero-order chi connectivity index (χ0) is 19.9. The van der Waals surface area contributed by atoms with Crippen molar-refractivity contribution in [3.8, 4) is 0 Å². The van der Waals surface area contributed by atoms with Gasteiger partial charge >= 0.3 is 0 Å². The second-order valence-corrected chi connectivity index (χ2v) is 10.4. The highest BCUT2D eigenvalue weighted by atomic mass is 35.5. The van der Waals surface area contributed by atoms with Crippen molar-refractivity contribution in [2.75, 3.05) is 47.9 Å². The van der Waals surface area contributed by atoms with Crippen LogP contribution in [0.25, 0.3) is 0 Å². The number of amides is 2. The predicted octanol–water partition coefficient (Wildman–Crippen LogP) is 2.16. The van der Waals surface area contributed by atoms with Gasteiger partial charge in [0, 0.05) is 32.1 Å². The molecule has 1 N–H and O–H groups in total. The molecule has 9 heteroatoms. The summed E-state index contributed by atoms with van der Waals surface area (Å²) in [6.45, 7) is 1.99. The van der Waals surface area contributed by atoms with E-state index in [1.54, 1.807) is 17.0 Å². The van der Waals surface area contributed by atoms with Gasteiger partial charge in [-0.05, 0) is 37.8 Å². The Morgan fingerprint density at radius 3 is 2.29 bits per heavy atom. The monoisotopic (exact) mass is 425 g/mol. The second-order valence-electron chi connectivity index (χ2n) is 7.72. The molecule has 1 saturated carbocycles. The van der Waals surface area contributed by atoms with E-state index < -0.39 is 9.84 Å². The van der Waals surface area contributed by atoms with Crippen molar-refractivity contribution < 1.29 is 18.0 Å². The summed E-state index contributed by atoms with van der Waals surface area (Å²) in [4.78, 5) is 29.0. The van der Waals surface area contributed by atoms with E-state index >= 15 is 0 Å². The first kappa shape index (κ1) is 19.5. The molecule has 4 rings (SSSR count). The third kappa shape index (κ3) is 3.98. The number of nitrogens with zero attached hydrogens (tertiary/aromatic N) is 2. The second kappa shape index (κ2) is 7.55. The number of benzene rings is 1. The van der Waals surface area contributed by atoms with E-state index in [-0.39, 0.29) is 42.3 Å². The number of carbonyl (C=O) groups is 2. The highest BCUT2D eigenvalue weighted by Gasteiger charge is 2.33. The van der Waals surface area contributed by atoms with Crippen LogP contribution in [0, 0.1) is 5.92 Å². The lowest BCUT2D eigenvalue weighted by molar-refractivity contribution is -0.117. The smallest absolute Gasteiger partial charge is 0.256 e. The molecule has 3 aliphatic rings. The topological polar surface area (TPSA) is 86.8 Å². The van der Waals surface area contributed by atoms with Gasteiger partial charge in [-0.25, -0.2) is 8.42 Å². The van der Waals surface area contributed by atoms with E-state index in [2.05, 4.69) is 10.2 Å². The van der Waals surface area contributed by atoms with Crippen molar-refractivity contribution >= 4 is 44.6 Å². The van der Waals surface area contributed by atoms with Gasteiger partial charge in [-0.15, -0.1) is 0 Å². The molecule has 1 aromatic rings. The van der Waals surface area contributed by atoms with E-state index in [0.29, 0.717) is 22.0 Å². The van der Waals surface area contributed by atoms with Gasteiger partial charge in [0.1, 0.15) is 0 Å². The van der Waals surface area contributed by atoms with Crippen LogP contribution in [0.3, 0.4) is 0 Å². The number of nitrogens with one attached hydrogen (secondary N) is 1. The maximum atomic E-state index is 13.2. The van der Waals surface area contributed by atoms with E-state index in [1.807, 2.05) is 0 Å². The molecule has 1 aliphatic carbocycles. The van der Waals surface area contributed by atoms with Crippen molar-refractivity contribution in [3.63, 3.8) is 0 Å². The van der Waals surface area contributed by atoms with E-state index in [4.69, 9.17) is 11.6 Å². The van der Waals surface area contributed by atoms with E-state index in [1.165, 1.54) is 0 Å². The van der Waals surface area contributed by atoms with Gasteiger partial charge in [0.15, 0.2) is 9.84 Å². The Labute approximate surface area is 169 Å². The highest BCUT2D eigenvalue weighted by molar-refractivity contribution is 7.91. The average Bonchev–Trinajstić information content (AvgIpc) is 3.38. The third-order valence-electron chi connectivity index (χ3n) is 5.61. The zero-order valence-corrected chi connectivity index (χ0v) is 17.2. The summed E-state index contributed by atoms with van der Waals surface area (Å²) in [5.41, 5.74) is 1.64. The molecule has 2 heterocycles. The van der Waals surface area contributed by atoms with Crippen molar-refractivity contribution in [2.24, 2.45) is 5.92 Å². The molecule has 0 aromatic heterocycles. The molecule has 0 bridgehead atoms. The fourth-order valence-corrected chi connectivity index (χ4v) is 5.28. The van der Waals surface area contributed by atoms with Crippen LogP contribution >= 0.6 is 11.6 Å². The lowest BCUT2D eigenvalue weighted by atomic mass is 10.1. The van der Waals surface area contributed by atoms with Crippen LogP contribution in [-0.2, 0) is 14.6 Å². The molecular weight excluding hydrogens is 402 g/mol. The van der Waals surface area contributed by atoms with Gasteiger partial charge < -0.3 is 15.1 Å². The van der Waals surface area contributed by atoms with E-state index in [9.17, 15) is 18.0 Å². The normalized spacial score (nSPS) is 21.6. The number of halogens is 1. The molecule has 2 amide bonds. The summed E-state index contributed by atoms with van der Waals surface area (Å²) >= 11 is 6.67. The van der Waals surface area contributed by atoms with Crippen LogP contribution in [0.5, 0.6) is 0 Å². The minimum atomic E-state index is -3.07. The predicted molar refractivity (Wildman–Crippen MR) is 109 cm³/mol. The summed E-state index contributed by atoms with van der Waals surface area (Å²) in [6, 6.07) is 3.38. The average molecular weight is 426 g/mol. The first-order valence-corrected chi connectivity index (χ1v) is 11.9. The Kier molecular flexibility index (Phi) is 5.26. The maximum Gasteiger partial charge on any atom is 0.256 e. The SMILES string of the molecule is O=C(Nc1ccc(C(=O)N2CCS(=O)(=O)CC2)c(N2CCCC2)c1Cl)C1CC1. The lowest BCUT2D eigenvalue weighted by Gasteiger charge is -2.30. The quantitative estimate of drug-likeness (QED) is 0.798. The molecule has 2 saturated heterocycles. The molecule has 28 heavy (non-hydrogen) atoms. The standard InChI is InChI=1S/C19H24ClN3O4S/c20-16-15(21-18(24)13-3-4-13)6-5-14(17(16)22-7-1-2-8-22)19(25)23-9-11-28(26,27)12-10-23/h5-6,13H,1-4,7-12H2,(H,21,24).